The van der Waals surface area contributed by atoms with Gasteiger partial charge in [0.2, 0.25) is 0 Å². The van der Waals surface area contributed by atoms with Crippen LogP contribution in [-0.4, -0.2) is 42.9 Å². The smallest absolute Gasteiger partial charge is 0.123 e. The number of aliphatic hydroxyl groups is 1. The minimum atomic E-state index is -0.306. The Kier molecular flexibility index (Phi) is 6.88. The van der Waals surface area contributed by atoms with Gasteiger partial charge in [-0.1, -0.05) is 19.9 Å². The molecule has 2 rings (SSSR count). The molecule has 0 spiro atoms. The lowest BCUT2D eigenvalue weighted by atomic mass is 10.0. The van der Waals surface area contributed by atoms with Crippen LogP contribution >= 0.6 is 0 Å². The number of likely N-dealkylation sites (tertiary alicyclic amines) is 1. The Bertz CT molecular complexity index is 484. The van der Waals surface area contributed by atoms with Crippen molar-refractivity contribution in [2.24, 2.45) is 5.92 Å². The molecule has 1 heterocycles. The van der Waals surface area contributed by atoms with Gasteiger partial charge in [0.05, 0.1) is 13.2 Å². The van der Waals surface area contributed by atoms with E-state index in [1.54, 1.807) is 7.11 Å². The number of hydrogen-bond donors (Lipinski definition) is 2. The zero-order valence-electron chi connectivity index (χ0n) is 15.0. The summed E-state index contributed by atoms with van der Waals surface area (Å²) in [4.78, 5) is 2.49. The highest BCUT2D eigenvalue weighted by molar-refractivity contribution is 5.38. The third-order valence-corrected chi connectivity index (χ3v) is 4.80. The Hall–Kier alpha value is -1.10. The topological polar surface area (TPSA) is 44.7 Å². The molecule has 4 heteroatoms. The summed E-state index contributed by atoms with van der Waals surface area (Å²) in [6.07, 6.45) is 2.29. The summed E-state index contributed by atoms with van der Waals surface area (Å²) in [7, 11) is 1.74. The number of aliphatic hydroxyl groups excluding tert-OH is 1. The molecule has 2 N–H and O–H groups in total. The van der Waals surface area contributed by atoms with Crippen LogP contribution in [0, 0.1) is 5.92 Å². The van der Waals surface area contributed by atoms with E-state index in [1.807, 2.05) is 13.8 Å². The highest BCUT2D eigenvalue weighted by Gasteiger charge is 2.16. The molecule has 1 aromatic carbocycles. The normalized spacial score (nSPS) is 18.3. The van der Waals surface area contributed by atoms with E-state index in [9.17, 15) is 5.11 Å². The van der Waals surface area contributed by atoms with Crippen LogP contribution in [0.4, 0.5) is 0 Å². The van der Waals surface area contributed by atoms with Crippen LogP contribution < -0.4 is 10.1 Å². The van der Waals surface area contributed by atoms with Crippen molar-refractivity contribution in [3.05, 3.63) is 29.3 Å². The molecule has 0 saturated carbocycles. The lowest BCUT2D eigenvalue weighted by Gasteiger charge is -2.22. The van der Waals surface area contributed by atoms with Gasteiger partial charge < -0.3 is 15.2 Å². The van der Waals surface area contributed by atoms with E-state index in [0.717, 1.165) is 12.3 Å². The summed E-state index contributed by atoms with van der Waals surface area (Å²) in [6.45, 7) is 10.2. The molecule has 1 aliphatic rings. The first-order valence-electron chi connectivity index (χ1n) is 8.82. The maximum atomic E-state index is 9.96. The Morgan fingerprint density at radius 1 is 1.22 bits per heavy atom. The summed E-state index contributed by atoms with van der Waals surface area (Å²) < 4.78 is 5.53. The first-order chi connectivity index (χ1) is 11.0. The van der Waals surface area contributed by atoms with Gasteiger partial charge in [-0.3, -0.25) is 4.90 Å². The first kappa shape index (κ1) is 18.2. The standard InChI is InChI=1S/C19H32N2O2/c1-14(2)18(22)12-20-15(3)16-7-8-19(23-4)17(11-16)13-21-9-5-6-10-21/h7-8,11,14-15,18,20,22H,5-6,9-10,12-13H2,1-4H3. The average Bonchev–Trinajstić information content (AvgIpc) is 3.05. The van der Waals surface area contributed by atoms with Crippen LogP contribution in [0.3, 0.4) is 0 Å². The lowest BCUT2D eigenvalue weighted by Crippen LogP contribution is -2.32. The molecule has 1 fully saturated rings. The second-order valence-corrected chi connectivity index (χ2v) is 7.00. The maximum absolute atomic E-state index is 9.96. The Labute approximate surface area is 140 Å². The Morgan fingerprint density at radius 3 is 2.52 bits per heavy atom. The molecule has 2 unspecified atom stereocenters. The third kappa shape index (κ3) is 5.20. The van der Waals surface area contributed by atoms with Crippen LogP contribution in [0.25, 0.3) is 0 Å². The van der Waals surface area contributed by atoms with Crippen LogP contribution in [0.2, 0.25) is 0 Å². The molecule has 2 atom stereocenters. The SMILES string of the molecule is COc1ccc(C(C)NCC(O)C(C)C)cc1CN1CCCC1. The van der Waals surface area contributed by atoms with Crippen molar-refractivity contribution in [2.75, 3.05) is 26.7 Å². The minimum Gasteiger partial charge on any atom is -0.496 e. The Morgan fingerprint density at radius 2 is 1.91 bits per heavy atom. The summed E-state index contributed by atoms with van der Waals surface area (Å²) in [5.74, 6) is 1.24. The summed E-state index contributed by atoms with van der Waals surface area (Å²) in [5, 5.41) is 13.4. The van der Waals surface area contributed by atoms with E-state index in [2.05, 4.69) is 35.3 Å². The van der Waals surface area contributed by atoms with E-state index < -0.39 is 0 Å². The largest absolute Gasteiger partial charge is 0.496 e. The van der Waals surface area contributed by atoms with Crippen LogP contribution in [0.1, 0.15) is 50.8 Å². The molecule has 1 aliphatic heterocycles. The summed E-state index contributed by atoms with van der Waals surface area (Å²) >= 11 is 0. The van der Waals surface area contributed by atoms with Crippen molar-refractivity contribution in [1.82, 2.24) is 10.2 Å². The van der Waals surface area contributed by atoms with E-state index in [0.29, 0.717) is 6.54 Å². The number of benzene rings is 1. The van der Waals surface area contributed by atoms with Crippen LogP contribution in [0.15, 0.2) is 18.2 Å². The van der Waals surface area contributed by atoms with Gasteiger partial charge in [-0.15, -0.1) is 0 Å². The molecule has 1 saturated heterocycles. The predicted molar refractivity (Wildman–Crippen MR) is 94.8 cm³/mol. The molecule has 0 bridgehead atoms. The monoisotopic (exact) mass is 320 g/mol. The summed E-state index contributed by atoms with van der Waals surface area (Å²) in [5.41, 5.74) is 2.50. The fourth-order valence-corrected chi connectivity index (χ4v) is 3.02. The zero-order valence-corrected chi connectivity index (χ0v) is 15.0. The van der Waals surface area contributed by atoms with Crippen molar-refractivity contribution in [2.45, 2.75) is 52.3 Å². The van der Waals surface area contributed by atoms with Gasteiger partial charge in [0.15, 0.2) is 0 Å². The molecule has 0 radical (unpaired) electrons. The fraction of sp³-hybridized carbons (Fsp3) is 0.684. The van der Waals surface area contributed by atoms with E-state index in [1.165, 1.54) is 37.1 Å². The van der Waals surface area contributed by atoms with Gasteiger partial charge in [0.25, 0.3) is 0 Å². The Balaban J connectivity index is 2.03. The quantitative estimate of drug-likeness (QED) is 0.773. The van der Waals surface area contributed by atoms with Crippen molar-refractivity contribution < 1.29 is 9.84 Å². The zero-order chi connectivity index (χ0) is 16.8. The first-order valence-corrected chi connectivity index (χ1v) is 8.82. The second kappa shape index (κ2) is 8.67. The number of methoxy groups -OCH3 is 1. The average molecular weight is 320 g/mol. The van der Waals surface area contributed by atoms with Crippen molar-refractivity contribution in [1.29, 1.82) is 0 Å². The lowest BCUT2D eigenvalue weighted by molar-refractivity contribution is 0.120. The molecule has 0 aromatic heterocycles. The van der Waals surface area contributed by atoms with E-state index in [-0.39, 0.29) is 18.1 Å². The van der Waals surface area contributed by atoms with E-state index >= 15 is 0 Å². The highest BCUT2D eigenvalue weighted by atomic mass is 16.5. The van der Waals surface area contributed by atoms with Gasteiger partial charge >= 0.3 is 0 Å². The third-order valence-electron chi connectivity index (χ3n) is 4.80. The molecule has 0 amide bonds. The number of nitrogens with zero attached hydrogens (tertiary/aromatic N) is 1. The van der Waals surface area contributed by atoms with Gasteiger partial charge in [0, 0.05) is 24.7 Å². The highest BCUT2D eigenvalue weighted by Crippen LogP contribution is 2.26. The number of hydrogen-bond acceptors (Lipinski definition) is 4. The fourth-order valence-electron chi connectivity index (χ4n) is 3.02. The van der Waals surface area contributed by atoms with Gasteiger partial charge in [0.1, 0.15) is 5.75 Å². The molecule has 23 heavy (non-hydrogen) atoms. The van der Waals surface area contributed by atoms with Crippen LogP contribution in [-0.2, 0) is 6.54 Å². The number of rotatable bonds is 8. The van der Waals surface area contributed by atoms with Crippen molar-refractivity contribution >= 4 is 0 Å². The molecule has 0 aliphatic carbocycles. The maximum Gasteiger partial charge on any atom is 0.123 e. The predicted octanol–water partition coefficient (Wildman–Crippen LogP) is 2.96. The van der Waals surface area contributed by atoms with E-state index in [4.69, 9.17) is 4.74 Å². The molecular formula is C19H32N2O2. The minimum absolute atomic E-state index is 0.214. The molecular weight excluding hydrogens is 288 g/mol. The summed E-state index contributed by atoms with van der Waals surface area (Å²) in [6, 6.07) is 6.65. The van der Waals surface area contributed by atoms with Crippen molar-refractivity contribution in [3.8, 4) is 5.75 Å². The number of nitrogens with one attached hydrogen (secondary N) is 1. The van der Waals surface area contributed by atoms with Gasteiger partial charge in [-0.25, -0.2) is 0 Å². The number of ether oxygens (including phenoxy) is 1. The van der Waals surface area contributed by atoms with Crippen molar-refractivity contribution in [3.63, 3.8) is 0 Å². The van der Waals surface area contributed by atoms with Crippen LogP contribution in [0.5, 0.6) is 5.75 Å². The molecule has 4 nitrogen and oxygen atoms in total. The second-order valence-electron chi connectivity index (χ2n) is 7.00. The molecule has 130 valence electrons. The van der Waals surface area contributed by atoms with Gasteiger partial charge in [-0.05, 0) is 56.5 Å². The van der Waals surface area contributed by atoms with Gasteiger partial charge in [-0.2, -0.15) is 0 Å². The molecule has 1 aromatic rings.